The Kier molecular flexibility index (Phi) is 5.03. The zero-order valence-corrected chi connectivity index (χ0v) is 14.1. The third-order valence-corrected chi connectivity index (χ3v) is 5.02. The molecule has 0 saturated carbocycles. The van der Waals surface area contributed by atoms with E-state index in [0.717, 1.165) is 36.2 Å². The first-order valence-corrected chi connectivity index (χ1v) is 8.83. The van der Waals surface area contributed by atoms with E-state index in [0.29, 0.717) is 18.8 Å². The lowest BCUT2D eigenvalue weighted by Crippen LogP contribution is -2.40. The van der Waals surface area contributed by atoms with Crippen molar-refractivity contribution in [2.45, 2.75) is 38.7 Å². The molecule has 1 aliphatic rings. The van der Waals surface area contributed by atoms with Crippen molar-refractivity contribution in [2.75, 3.05) is 13.1 Å². The molecule has 0 spiro atoms. The van der Waals surface area contributed by atoms with E-state index < -0.39 is 0 Å². The molecule has 0 aromatic carbocycles. The van der Waals surface area contributed by atoms with Gasteiger partial charge in [-0.15, -0.1) is 0 Å². The molecule has 1 N–H and O–H groups in total. The number of carbonyl (C=O) groups is 1. The normalized spacial score (nSPS) is 18.2. The van der Waals surface area contributed by atoms with Crippen molar-refractivity contribution in [1.29, 1.82) is 0 Å². The SMILES string of the molecule is Cc1ncc(CO)c(C2CCCN(C(=O)Cc3ccsc3)C2)n1. The monoisotopic (exact) mass is 331 g/mol. The highest BCUT2D eigenvalue weighted by Gasteiger charge is 2.27. The second-order valence-electron chi connectivity index (χ2n) is 5.97. The second kappa shape index (κ2) is 7.19. The molecule has 6 heteroatoms. The lowest BCUT2D eigenvalue weighted by Gasteiger charge is -2.33. The van der Waals surface area contributed by atoms with Crippen LogP contribution in [0.25, 0.3) is 0 Å². The lowest BCUT2D eigenvalue weighted by atomic mass is 9.91. The average Bonchev–Trinajstić information content (AvgIpc) is 3.08. The lowest BCUT2D eigenvalue weighted by molar-refractivity contribution is -0.131. The predicted octanol–water partition coefficient (Wildman–Crippen LogP) is 2.29. The minimum Gasteiger partial charge on any atom is -0.392 e. The molecule has 122 valence electrons. The van der Waals surface area contributed by atoms with Crippen molar-refractivity contribution in [1.82, 2.24) is 14.9 Å². The third-order valence-electron chi connectivity index (χ3n) is 4.29. The number of piperidine rings is 1. The van der Waals surface area contributed by atoms with Gasteiger partial charge in [0, 0.05) is 30.8 Å². The molecule has 2 aromatic heterocycles. The van der Waals surface area contributed by atoms with Gasteiger partial charge in [-0.05, 0) is 42.2 Å². The standard InChI is InChI=1S/C17H21N3O2S/c1-12-18-8-15(10-21)17(19-12)14-3-2-5-20(9-14)16(22)7-13-4-6-23-11-13/h4,6,8,11,14,21H,2-3,5,7,9-10H2,1H3. The fourth-order valence-corrected chi connectivity index (χ4v) is 3.76. The Morgan fingerprint density at radius 1 is 1.52 bits per heavy atom. The minimum absolute atomic E-state index is 0.0606. The van der Waals surface area contributed by atoms with Crippen molar-refractivity contribution >= 4 is 17.2 Å². The summed E-state index contributed by atoms with van der Waals surface area (Å²) in [5.74, 6) is 1.06. The molecule has 3 rings (SSSR count). The highest BCUT2D eigenvalue weighted by atomic mass is 32.1. The van der Waals surface area contributed by atoms with E-state index >= 15 is 0 Å². The number of aryl methyl sites for hydroxylation is 1. The fourth-order valence-electron chi connectivity index (χ4n) is 3.09. The van der Waals surface area contributed by atoms with Crippen LogP contribution >= 0.6 is 11.3 Å². The van der Waals surface area contributed by atoms with E-state index in [-0.39, 0.29) is 18.4 Å². The summed E-state index contributed by atoms with van der Waals surface area (Å²) < 4.78 is 0. The third kappa shape index (κ3) is 3.76. The van der Waals surface area contributed by atoms with Crippen molar-refractivity contribution in [2.24, 2.45) is 0 Å². The number of thiophene rings is 1. The summed E-state index contributed by atoms with van der Waals surface area (Å²) in [6.07, 6.45) is 4.12. The van der Waals surface area contributed by atoms with Crippen LogP contribution in [0.5, 0.6) is 0 Å². The number of hydrogen-bond acceptors (Lipinski definition) is 5. The maximum absolute atomic E-state index is 12.5. The Hall–Kier alpha value is -1.79. The molecule has 0 radical (unpaired) electrons. The summed E-state index contributed by atoms with van der Waals surface area (Å²) in [7, 11) is 0. The van der Waals surface area contributed by atoms with Gasteiger partial charge in [-0.25, -0.2) is 9.97 Å². The number of aliphatic hydroxyl groups excluding tert-OH is 1. The van der Waals surface area contributed by atoms with E-state index in [1.54, 1.807) is 17.5 Å². The molecule has 1 aliphatic heterocycles. The molecule has 0 bridgehead atoms. The van der Waals surface area contributed by atoms with Crippen LogP contribution < -0.4 is 0 Å². The molecule has 5 nitrogen and oxygen atoms in total. The van der Waals surface area contributed by atoms with Crippen LogP contribution in [-0.2, 0) is 17.8 Å². The molecule has 1 saturated heterocycles. The highest BCUT2D eigenvalue weighted by Crippen LogP contribution is 2.28. The second-order valence-corrected chi connectivity index (χ2v) is 6.75. The maximum Gasteiger partial charge on any atom is 0.227 e. The van der Waals surface area contributed by atoms with Crippen LogP contribution in [0.15, 0.2) is 23.0 Å². The van der Waals surface area contributed by atoms with Gasteiger partial charge in [-0.2, -0.15) is 11.3 Å². The molecule has 1 amide bonds. The van der Waals surface area contributed by atoms with Gasteiger partial charge in [0.2, 0.25) is 5.91 Å². The van der Waals surface area contributed by atoms with Crippen molar-refractivity contribution < 1.29 is 9.90 Å². The van der Waals surface area contributed by atoms with Crippen LogP contribution in [0.3, 0.4) is 0 Å². The fraction of sp³-hybridized carbons (Fsp3) is 0.471. The Bertz CT molecular complexity index is 672. The topological polar surface area (TPSA) is 66.3 Å². The molecule has 1 unspecified atom stereocenters. The Morgan fingerprint density at radius 2 is 2.39 bits per heavy atom. The van der Waals surface area contributed by atoms with Gasteiger partial charge in [0.1, 0.15) is 5.82 Å². The summed E-state index contributed by atoms with van der Waals surface area (Å²) in [4.78, 5) is 23.1. The minimum atomic E-state index is -0.0606. The molecule has 3 heterocycles. The number of hydrogen-bond donors (Lipinski definition) is 1. The molecule has 2 aromatic rings. The van der Waals surface area contributed by atoms with Crippen molar-refractivity contribution in [3.8, 4) is 0 Å². The maximum atomic E-state index is 12.5. The molecular weight excluding hydrogens is 310 g/mol. The quantitative estimate of drug-likeness (QED) is 0.933. The van der Waals surface area contributed by atoms with Crippen LogP contribution in [0.2, 0.25) is 0 Å². The van der Waals surface area contributed by atoms with E-state index in [1.807, 2.05) is 28.7 Å². The Balaban J connectivity index is 1.73. The Morgan fingerprint density at radius 3 is 3.13 bits per heavy atom. The summed E-state index contributed by atoms with van der Waals surface area (Å²) in [6.45, 7) is 3.27. The van der Waals surface area contributed by atoms with Crippen LogP contribution in [-0.4, -0.2) is 39.0 Å². The van der Waals surface area contributed by atoms with Gasteiger partial charge in [0.25, 0.3) is 0 Å². The number of rotatable bonds is 4. The number of carbonyl (C=O) groups excluding carboxylic acids is 1. The van der Waals surface area contributed by atoms with Gasteiger partial charge in [0.15, 0.2) is 0 Å². The first kappa shape index (κ1) is 16.1. The predicted molar refractivity (Wildman–Crippen MR) is 89.3 cm³/mol. The summed E-state index contributed by atoms with van der Waals surface area (Å²) >= 11 is 1.62. The highest BCUT2D eigenvalue weighted by molar-refractivity contribution is 7.07. The molecule has 1 fully saturated rings. The van der Waals surface area contributed by atoms with Crippen LogP contribution in [0.4, 0.5) is 0 Å². The zero-order valence-electron chi connectivity index (χ0n) is 13.2. The number of nitrogens with zero attached hydrogens (tertiary/aromatic N) is 3. The summed E-state index contributed by atoms with van der Waals surface area (Å²) in [6, 6.07) is 2.00. The number of likely N-dealkylation sites (tertiary alicyclic amines) is 1. The van der Waals surface area contributed by atoms with E-state index in [9.17, 15) is 9.90 Å². The van der Waals surface area contributed by atoms with Gasteiger partial charge < -0.3 is 10.0 Å². The molecule has 0 aliphatic carbocycles. The van der Waals surface area contributed by atoms with Crippen molar-refractivity contribution in [3.63, 3.8) is 0 Å². The van der Waals surface area contributed by atoms with E-state index in [4.69, 9.17) is 0 Å². The van der Waals surface area contributed by atoms with Gasteiger partial charge in [0.05, 0.1) is 18.7 Å². The van der Waals surface area contributed by atoms with Gasteiger partial charge in [-0.3, -0.25) is 4.79 Å². The van der Waals surface area contributed by atoms with E-state index in [2.05, 4.69) is 9.97 Å². The molecule has 23 heavy (non-hydrogen) atoms. The first-order chi connectivity index (χ1) is 11.2. The average molecular weight is 331 g/mol. The zero-order chi connectivity index (χ0) is 16.2. The molecular formula is C17H21N3O2S. The number of aromatic nitrogens is 2. The first-order valence-electron chi connectivity index (χ1n) is 7.89. The Labute approximate surface area is 140 Å². The smallest absolute Gasteiger partial charge is 0.227 e. The summed E-state index contributed by atoms with van der Waals surface area (Å²) in [5, 5.41) is 13.6. The van der Waals surface area contributed by atoms with Gasteiger partial charge in [-0.1, -0.05) is 0 Å². The van der Waals surface area contributed by atoms with Crippen LogP contribution in [0.1, 0.15) is 41.4 Å². The van der Waals surface area contributed by atoms with Gasteiger partial charge >= 0.3 is 0 Å². The van der Waals surface area contributed by atoms with E-state index in [1.165, 1.54) is 0 Å². The van der Waals surface area contributed by atoms with Crippen LogP contribution in [0, 0.1) is 6.92 Å². The van der Waals surface area contributed by atoms with Crippen molar-refractivity contribution in [3.05, 3.63) is 45.7 Å². The number of amides is 1. The molecule has 1 atom stereocenters. The summed E-state index contributed by atoms with van der Waals surface area (Å²) in [5.41, 5.74) is 2.75. The number of aliphatic hydroxyl groups is 1. The largest absolute Gasteiger partial charge is 0.392 e.